The van der Waals surface area contributed by atoms with Crippen LogP contribution in [0, 0.1) is 0 Å². The number of hydrogen-bond donors (Lipinski definition) is 3. The zero-order valence-corrected chi connectivity index (χ0v) is 11.5. The van der Waals surface area contributed by atoms with Gasteiger partial charge >= 0.3 is 0 Å². The lowest BCUT2D eigenvalue weighted by atomic mass is 10.1. The van der Waals surface area contributed by atoms with Gasteiger partial charge in [-0.1, -0.05) is 42.5 Å². The second kappa shape index (κ2) is 7.48. The van der Waals surface area contributed by atoms with Gasteiger partial charge in [-0.25, -0.2) is 0 Å². The minimum absolute atomic E-state index is 0.124. The van der Waals surface area contributed by atoms with Gasteiger partial charge in [-0.3, -0.25) is 9.59 Å². The molecule has 19 heavy (non-hydrogen) atoms. The van der Waals surface area contributed by atoms with Crippen molar-refractivity contribution in [3.8, 4) is 0 Å². The molecular weight excluding hydrogens is 262 g/mol. The first-order valence-electron chi connectivity index (χ1n) is 5.86. The Morgan fingerprint density at radius 3 is 2.47 bits per heavy atom. The molecule has 0 heterocycles. The Balaban J connectivity index is 2.68. The van der Waals surface area contributed by atoms with Gasteiger partial charge in [-0.15, -0.1) is 0 Å². The molecule has 0 saturated carbocycles. The average molecular weight is 279 g/mol. The number of thiocarbonyl (C=S) groups is 1. The van der Waals surface area contributed by atoms with Gasteiger partial charge in [0.25, 0.3) is 0 Å². The molecule has 0 aliphatic carbocycles. The number of amides is 2. The van der Waals surface area contributed by atoms with Crippen molar-refractivity contribution in [3.05, 3.63) is 35.9 Å². The van der Waals surface area contributed by atoms with Crippen molar-refractivity contribution in [3.63, 3.8) is 0 Å². The van der Waals surface area contributed by atoms with Crippen LogP contribution in [-0.4, -0.2) is 29.4 Å². The predicted octanol–water partition coefficient (Wildman–Crippen LogP) is 0.136. The Kier molecular flexibility index (Phi) is 5.95. The topological polar surface area (TPSA) is 84.2 Å². The first-order valence-corrected chi connectivity index (χ1v) is 6.27. The van der Waals surface area contributed by atoms with Crippen LogP contribution in [-0.2, 0) is 16.0 Å². The van der Waals surface area contributed by atoms with E-state index >= 15 is 0 Å². The number of carbonyl (C=O) groups excluding carboxylic acids is 2. The Morgan fingerprint density at radius 1 is 1.32 bits per heavy atom. The van der Waals surface area contributed by atoms with E-state index in [0.717, 1.165) is 5.56 Å². The van der Waals surface area contributed by atoms with Crippen LogP contribution in [0.5, 0.6) is 0 Å². The van der Waals surface area contributed by atoms with E-state index in [9.17, 15) is 9.59 Å². The summed E-state index contributed by atoms with van der Waals surface area (Å²) in [6.07, 6.45) is 0.420. The van der Waals surface area contributed by atoms with Gasteiger partial charge < -0.3 is 16.4 Å². The van der Waals surface area contributed by atoms with Crippen LogP contribution in [0.25, 0.3) is 0 Å². The van der Waals surface area contributed by atoms with Crippen LogP contribution in [0.1, 0.15) is 12.5 Å². The lowest BCUT2D eigenvalue weighted by Crippen LogP contribution is -2.48. The third-order valence-corrected chi connectivity index (χ3v) is 2.56. The summed E-state index contributed by atoms with van der Waals surface area (Å²) >= 11 is 4.69. The van der Waals surface area contributed by atoms with Gasteiger partial charge in [-0.05, 0) is 5.56 Å². The second-order valence-electron chi connectivity index (χ2n) is 4.13. The maximum absolute atomic E-state index is 11.9. The highest BCUT2D eigenvalue weighted by Crippen LogP contribution is 2.03. The van der Waals surface area contributed by atoms with Crippen molar-refractivity contribution in [2.75, 3.05) is 6.54 Å². The van der Waals surface area contributed by atoms with Crippen LogP contribution >= 0.6 is 12.2 Å². The van der Waals surface area contributed by atoms with E-state index in [1.165, 1.54) is 6.92 Å². The number of nitrogens with two attached hydrogens (primary N) is 1. The Bertz CT molecular complexity index is 462. The van der Waals surface area contributed by atoms with E-state index in [1.54, 1.807) is 0 Å². The number of carbonyl (C=O) groups is 2. The van der Waals surface area contributed by atoms with E-state index in [2.05, 4.69) is 10.6 Å². The van der Waals surface area contributed by atoms with Gasteiger partial charge in [-0.2, -0.15) is 0 Å². The molecule has 1 aromatic carbocycles. The van der Waals surface area contributed by atoms with Crippen LogP contribution in [0.2, 0.25) is 0 Å². The summed E-state index contributed by atoms with van der Waals surface area (Å²) in [7, 11) is 0. The summed E-state index contributed by atoms with van der Waals surface area (Å²) in [4.78, 5) is 23.3. The molecule has 5 nitrogen and oxygen atoms in total. The third-order valence-electron chi connectivity index (χ3n) is 2.41. The maximum Gasteiger partial charge on any atom is 0.243 e. The molecule has 1 unspecified atom stereocenters. The summed E-state index contributed by atoms with van der Waals surface area (Å²) in [5.41, 5.74) is 6.29. The molecule has 6 heteroatoms. The molecule has 0 aliphatic rings. The van der Waals surface area contributed by atoms with E-state index in [1.807, 2.05) is 30.3 Å². The number of nitrogens with one attached hydrogen (secondary N) is 2. The molecular formula is C13H17N3O2S. The van der Waals surface area contributed by atoms with Gasteiger partial charge in [0.15, 0.2) is 0 Å². The molecule has 102 valence electrons. The molecule has 2 amide bonds. The molecule has 1 rings (SSSR count). The highest BCUT2D eigenvalue weighted by atomic mass is 32.1. The van der Waals surface area contributed by atoms with Crippen molar-refractivity contribution in [2.24, 2.45) is 5.73 Å². The minimum atomic E-state index is -0.630. The molecule has 1 atom stereocenters. The van der Waals surface area contributed by atoms with Crippen LogP contribution < -0.4 is 16.4 Å². The molecule has 0 fully saturated rings. The third kappa shape index (κ3) is 5.96. The maximum atomic E-state index is 11.9. The molecule has 0 aromatic heterocycles. The summed E-state index contributed by atoms with van der Waals surface area (Å²) in [5.74, 6) is -0.557. The zero-order valence-electron chi connectivity index (χ0n) is 10.7. The fourth-order valence-electron chi connectivity index (χ4n) is 1.60. The first kappa shape index (κ1) is 15.1. The van der Waals surface area contributed by atoms with Gasteiger partial charge in [0.05, 0.1) is 11.5 Å². The smallest absolute Gasteiger partial charge is 0.243 e. The lowest BCUT2D eigenvalue weighted by Gasteiger charge is -2.17. The molecule has 0 spiro atoms. The van der Waals surface area contributed by atoms with Gasteiger partial charge in [0.1, 0.15) is 6.04 Å². The van der Waals surface area contributed by atoms with Crippen molar-refractivity contribution >= 4 is 29.0 Å². The Hall–Kier alpha value is -1.95. The van der Waals surface area contributed by atoms with Crippen molar-refractivity contribution in [2.45, 2.75) is 19.4 Å². The molecule has 0 bridgehead atoms. The number of benzene rings is 1. The van der Waals surface area contributed by atoms with E-state index in [-0.39, 0.29) is 23.3 Å². The fraction of sp³-hybridized carbons (Fsp3) is 0.308. The van der Waals surface area contributed by atoms with Crippen molar-refractivity contribution < 1.29 is 9.59 Å². The molecule has 1 aromatic rings. The predicted molar refractivity (Wildman–Crippen MR) is 77.5 cm³/mol. The van der Waals surface area contributed by atoms with E-state index in [0.29, 0.717) is 6.42 Å². The molecule has 0 aliphatic heterocycles. The summed E-state index contributed by atoms with van der Waals surface area (Å²) < 4.78 is 0. The highest BCUT2D eigenvalue weighted by Gasteiger charge is 2.19. The number of rotatable bonds is 6. The van der Waals surface area contributed by atoms with Crippen LogP contribution in [0.4, 0.5) is 0 Å². The van der Waals surface area contributed by atoms with Crippen molar-refractivity contribution in [1.29, 1.82) is 0 Å². The molecule has 0 radical (unpaired) electrons. The van der Waals surface area contributed by atoms with Crippen molar-refractivity contribution in [1.82, 2.24) is 10.6 Å². The fourth-order valence-corrected chi connectivity index (χ4v) is 1.67. The van der Waals surface area contributed by atoms with Gasteiger partial charge in [0.2, 0.25) is 11.8 Å². The molecule has 4 N–H and O–H groups in total. The SMILES string of the molecule is CC(=O)NC(Cc1ccccc1)C(=O)NCC(N)=S. The normalized spacial score (nSPS) is 11.4. The van der Waals surface area contributed by atoms with Gasteiger partial charge in [0, 0.05) is 13.3 Å². The van der Waals surface area contributed by atoms with E-state index < -0.39 is 6.04 Å². The zero-order chi connectivity index (χ0) is 14.3. The lowest BCUT2D eigenvalue weighted by molar-refractivity contribution is -0.127. The first-order chi connectivity index (χ1) is 8.99. The largest absolute Gasteiger partial charge is 0.392 e. The highest BCUT2D eigenvalue weighted by molar-refractivity contribution is 7.80. The molecule has 0 saturated heterocycles. The van der Waals surface area contributed by atoms with Crippen LogP contribution in [0.3, 0.4) is 0 Å². The summed E-state index contributed by atoms with van der Waals surface area (Å²) in [6, 6.07) is 8.82. The Labute approximate surface area is 117 Å². The van der Waals surface area contributed by atoms with Crippen LogP contribution in [0.15, 0.2) is 30.3 Å². The monoisotopic (exact) mass is 279 g/mol. The minimum Gasteiger partial charge on any atom is -0.392 e. The quantitative estimate of drug-likeness (QED) is 0.647. The summed E-state index contributed by atoms with van der Waals surface area (Å²) in [6.45, 7) is 1.50. The van der Waals surface area contributed by atoms with E-state index in [4.69, 9.17) is 18.0 Å². The average Bonchev–Trinajstić information content (AvgIpc) is 2.36. The summed E-state index contributed by atoms with van der Waals surface area (Å²) in [5, 5.41) is 5.20. The Morgan fingerprint density at radius 2 is 1.95 bits per heavy atom. The second-order valence-corrected chi connectivity index (χ2v) is 4.65. The number of hydrogen-bond acceptors (Lipinski definition) is 3. The standard InChI is InChI=1S/C13H17N3O2S/c1-9(17)16-11(13(18)15-8-12(14)19)7-10-5-3-2-4-6-10/h2-6,11H,7-8H2,1H3,(H2,14,19)(H,15,18)(H,16,17).